The van der Waals surface area contributed by atoms with Gasteiger partial charge in [0.15, 0.2) is 0 Å². The van der Waals surface area contributed by atoms with Crippen LogP contribution in [-0.2, 0) is 6.54 Å². The topological polar surface area (TPSA) is 8.72 Å². The van der Waals surface area contributed by atoms with E-state index >= 15 is 0 Å². The fourth-order valence-corrected chi connectivity index (χ4v) is 0.869. The van der Waals surface area contributed by atoms with Gasteiger partial charge in [0, 0.05) is 6.07 Å². The molecule has 0 fully saturated rings. The van der Waals surface area contributed by atoms with Crippen molar-refractivity contribution in [2.75, 3.05) is 0 Å². The zero-order valence-electron chi connectivity index (χ0n) is 6.07. The Labute approximate surface area is 65.7 Å². The average molecular weight is 144 g/mol. The number of nitrogens with zero attached hydrogens (tertiary/aromatic N) is 2. The van der Waals surface area contributed by atoms with Crippen molar-refractivity contribution in [1.82, 2.24) is 0 Å². The first-order valence-corrected chi connectivity index (χ1v) is 3.24. The monoisotopic (exact) mass is 144 g/mol. The minimum atomic E-state index is 0.455. The van der Waals surface area contributed by atoms with Crippen LogP contribution in [0.4, 0.5) is 5.69 Å². The van der Waals surface area contributed by atoms with E-state index in [1.54, 1.807) is 0 Å². The van der Waals surface area contributed by atoms with Crippen molar-refractivity contribution in [3.05, 3.63) is 39.5 Å². The molecule has 11 heavy (non-hydrogen) atoms. The molecule has 0 aliphatic carbocycles. The summed E-state index contributed by atoms with van der Waals surface area (Å²) in [5.74, 6) is 0. The van der Waals surface area contributed by atoms with Crippen LogP contribution in [0.15, 0.2) is 24.3 Å². The van der Waals surface area contributed by atoms with E-state index in [2.05, 4.69) is 9.69 Å². The standard InChI is InChI=1S/C9H8N2/c1-10-7-8-5-3-4-6-9(8)11-2/h1-6H,7H2/q+2. The molecule has 0 amide bonds. The smallest absolute Gasteiger partial charge is 0.0814 e. The molecule has 0 spiro atoms. The Morgan fingerprint density at radius 1 is 1.18 bits per heavy atom. The average Bonchev–Trinajstić information content (AvgIpc) is 2.06. The molecule has 0 heterocycles. The molecule has 52 valence electrons. The normalized spacial score (nSPS) is 8.18. The second kappa shape index (κ2) is 3.39. The maximum atomic E-state index is 5.12. The number of rotatable bonds is 1. The summed E-state index contributed by atoms with van der Waals surface area (Å²) in [6.45, 7) is 10.6. The molecule has 0 saturated carbocycles. The minimum Gasteiger partial charge on any atom is -0.0814 e. The summed E-state index contributed by atoms with van der Waals surface area (Å²) in [6.07, 6.45) is 0. The summed E-state index contributed by atoms with van der Waals surface area (Å²) in [6, 6.07) is 7.48. The molecule has 0 atom stereocenters. The Morgan fingerprint density at radius 2 is 1.91 bits per heavy atom. The Balaban J connectivity index is 3.07. The molecule has 0 radical (unpaired) electrons. The summed E-state index contributed by atoms with van der Waals surface area (Å²) in [7, 11) is 0. The van der Waals surface area contributed by atoms with Gasteiger partial charge in [-0.15, -0.1) is 0 Å². The molecule has 0 aromatic heterocycles. The lowest BCUT2D eigenvalue weighted by molar-refractivity contribution is 1.28. The number of benzene rings is 1. The van der Waals surface area contributed by atoms with Gasteiger partial charge in [-0.25, -0.2) is 0 Å². The van der Waals surface area contributed by atoms with E-state index in [1.165, 1.54) is 0 Å². The molecule has 2 nitrogen and oxygen atoms in total. The van der Waals surface area contributed by atoms with Crippen LogP contribution < -0.4 is 0 Å². The third-order valence-corrected chi connectivity index (χ3v) is 1.39. The summed E-state index contributed by atoms with van der Waals surface area (Å²) in [5.41, 5.74) is 1.68. The van der Waals surface area contributed by atoms with Gasteiger partial charge in [0.1, 0.15) is 5.56 Å². The van der Waals surface area contributed by atoms with Gasteiger partial charge in [0.05, 0.1) is 0 Å². The Hall–Kier alpha value is -1.80. The van der Waals surface area contributed by atoms with Gasteiger partial charge >= 0.3 is 5.69 Å². The molecule has 1 rings (SSSR count). The van der Waals surface area contributed by atoms with E-state index in [-0.39, 0.29) is 0 Å². The zero-order chi connectivity index (χ0) is 8.10. The summed E-state index contributed by atoms with van der Waals surface area (Å²) < 4.78 is 0. The zero-order valence-corrected chi connectivity index (χ0v) is 6.07. The van der Waals surface area contributed by atoms with Gasteiger partial charge in [-0.2, -0.15) is 0 Å². The lowest BCUT2D eigenvalue weighted by atomic mass is 10.2. The molecule has 0 bridgehead atoms. The van der Waals surface area contributed by atoms with Crippen molar-refractivity contribution in [2.24, 2.45) is 0 Å². The second-order valence-electron chi connectivity index (χ2n) is 2.10. The molecule has 2 heteroatoms. The first-order valence-electron chi connectivity index (χ1n) is 3.24. The molecule has 0 aliphatic rings. The van der Waals surface area contributed by atoms with Crippen molar-refractivity contribution in [3.63, 3.8) is 0 Å². The molecule has 1 aromatic carbocycles. The highest BCUT2D eigenvalue weighted by molar-refractivity contribution is 5.52. The predicted octanol–water partition coefficient (Wildman–Crippen LogP) is 2.74. The van der Waals surface area contributed by atoms with Crippen LogP contribution in [0.1, 0.15) is 5.56 Å². The lowest BCUT2D eigenvalue weighted by Gasteiger charge is -1.83. The van der Waals surface area contributed by atoms with Gasteiger partial charge < -0.3 is 0 Å². The SMILES string of the molecule is C#[N+]Cc1ccccc1[N+]#C. The molecular formula is C9H8N2+2. The van der Waals surface area contributed by atoms with Gasteiger partial charge in [0.25, 0.3) is 19.7 Å². The Morgan fingerprint density at radius 3 is 2.55 bits per heavy atom. The summed E-state index contributed by atoms with van der Waals surface area (Å²) in [4.78, 5) is 7.07. The maximum Gasteiger partial charge on any atom is 0.350 e. The molecule has 0 saturated heterocycles. The van der Waals surface area contributed by atoms with Crippen LogP contribution in [0, 0.1) is 13.1 Å². The van der Waals surface area contributed by atoms with E-state index in [4.69, 9.17) is 13.1 Å². The summed E-state index contributed by atoms with van der Waals surface area (Å²) in [5, 5.41) is 0. The maximum absolute atomic E-state index is 5.12. The van der Waals surface area contributed by atoms with Crippen LogP contribution in [0.25, 0.3) is 9.69 Å². The van der Waals surface area contributed by atoms with E-state index in [0.717, 1.165) is 11.3 Å². The fraction of sp³-hybridized carbons (Fsp3) is 0.111. The third kappa shape index (κ3) is 1.56. The van der Waals surface area contributed by atoms with Gasteiger partial charge in [-0.05, 0) is 10.9 Å². The largest absolute Gasteiger partial charge is 0.350 e. The van der Waals surface area contributed by atoms with Gasteiger partial charge in [-0.3, -0.25) is 0 Å². The van der Waals surface area contributed by atoms with Gasteiger partial charge in [-0.1, -0.05) is 17.0 Å². The van der Waals surface area contributed by atoms with Crippen molar-refractivity contribution in [1.29, 1.82) is 0 Å². The van der Waals surface area contributed by atoms with Crippen LogP contribution in [0.5, 0.6) is 0 Å². The van der Waals surface area contributed by atoms with Crippen molar-refractivity contribution in [3.8, 4) is 13.1 Å². The van der Waals surface area contributed by atoms with Crippen LogP contribution >= 0.6 is 0 Å². The quantitative estimate of drug-likeness (QED) is 0.573. The Bertz CT molecular complexity index is 328. The van der Waals surface area contributed by atoms with Crippen molar-refractivity contribution in [2.45, 2.75) is 6.54 Å². The first-order chi connectivity index (χ1) is 5.38. The van der Waals surface area contributed by atoms with Gasteiger partial charge in [0.2, 0.25) is 0 Å². The summed E-state index contributed by atoms with van der Waals surface area (Å²) >= 11 is 0. The van der Waals surface area contributed by atoms with E-state index in [9.17, 15) is 0 Å². The first kappa shape index (κ1) is 7.31. The van der Waals surface area contributed by atoms with E-state index < -0.39 is 0 Å². The van der Waals surface area contributed by atoms with Crippen LogP contribution in [0.2, 0.25) is 0 Å². The lowest BCUT2D eigenvalue weighted by Crippen LogP contribution is -1.77. The number of hydrogen-bond donors (Lipinski definition) is 0. The fourth-order valence-electron chi connectivity index (χ4n) is 0.869. The van der Waals surface area contributed by atoms with Crippen molar-refractivity contribution < 1.29 is 0 Å². The predicted molar refractivity (Wildman–Crippen MR) is 46.4 cm³/mol. The minimum absolute atomic E-state index is 0.455. The highest BCUT2D eigenvalue weighted by Gasteiger charge is 2.11. The molecular weight excluding hydrogens is 136 g/mol. The molecule has 1 aromatic rings. The highest BCUT2D eigenvalue weighted by atomic mass is 14.7. The van der Waals surface area contributed by atoms with Crippen LogP contribution in [-0.4, -0.2) is 0 Å². The molecule has 0 N–H and O–H groups in total. The molecule has 0 aliphatic heterocycles. The number of para-hydroxylation sites is 1. The van der Waals surface area contributed by atoms with E-state index in [1.807, 2.05) is 24.3 Å². The number of hydrogen-bond acceptors (Lipinski definition) is 0. The molecule has 0 unspecified atom stereocenters. The van der Waals surface area contributed by atoms with Crippen LogP contribution in [0.3, 0.4) is 0 Å². The Kier molecular flexibility index (Phi) is 2.25. The van der Waals surface area contributed by atoms with Crippen molar-refractivity contribution >= 4 is 5.69 Å². The second-order valence-corrected chi connectivity index (χ2v) is 2.10. The third-order valence-electron chi connectivity index (χ3n) is 1.39. The van der Waals surface area contributed by atoms with E-state index in [0.29, 0.717) is 6.54 Å². The highest BCUT2D eigenvalue weighted by Crippen LogP contribution is 2.18.